The minimum Gasteiger partial charge on any atom is -0.569 e. The maximum Gasteiger partial charge on any atom is 0.264 e. The van der Waals surface area contributed by atoms with Crippen molar-refractivity contribution in [3.63, 3.8) is 0 Å². The van der Waals surface area contributed by atoms with E-state index >= 15 is 0 Å². The normalized spacial score (nSPS) is 22.2. The van der Waals surface area contributed by atoms with Gasteiger partial charge in [0.05, 0.1) is 29.2 Å². The molecule has 2 heterocycles. The highest BCUT2D eigenvalue weighted by Gasteiger charge is 2.39. The molecule has 0 aliphatic carbocycles. The van der Waals surface area contributed by atoms with Crippen molar-refractivity contribution in [3.05, 3.63) is 40.6 Å². The van der Waals surface area contributed by atoms with E-state index < -0.39 is 18.0 Å². The number of aliphatic hydroxyl groups excluding tert-OH is 1. The molecule has 1 aromatic rings. The van der Waals surface area contributed by atoms with Crippen molar-refractivity contribution in [1.29, 1.82) is 0 Å². The third-order valence-corrected chi connectivity index (χ3v) is 4.46. The lowest BCUT2D eigenvalue weighted by molar-refractivity contribution is -0.715. The van der Waals surface area contributed by atoms with Gasteiger partial charge in [0, 0.05) is 12.5 Å². The molecule has 3 rings (SSSR count). The van der Waals surface area contributed by atoms with Crippen LogP contribution in [0.2, 0.25) is 0 Å². The molecule has 134 valence electrons. The molecule has 0 spiro atoms. The smallest absolute Gasteiger partial charge is 0.264 e. The number of aliphatic hydroxyl groups is 1. The highest BCUT2D eigenvalue weighted by molar-refractivity contribution is 6.21. The fraction of sp³-hybridized carbons (Fsp3) is 0.500. The second kappa shape index (κ2) is 7.06. The molecule has 9 nitrogen and oxygen atoms in total. The van der Waals surface area contributed by atoms with Crippen LogP contribution in [0.1, 0.15) is 40.5 Å². The van der Waals surface area contributed by atoms with Gasteiger partial charge < -0.3 is 15.2 Å². The lowest BCUT2D eigenvalue weighted by Gasteiger charge is -2.27. The van der Waals surface area contributed by atoms with Crippen LogP contribution < -0.4 is 0 Å². The fourth-order valence-electron chi connectivity index (χ4n) is 3.09. The summed E-state index contributed by atoms with van der Waals surface area (Å²) in [6.45, 7) is 2.38. The molecule has 0 bridgehead atoms. The summed E-state index contributed by atoms with van der Waals surface area (Å²) in [7, 11) is 0. The van der Waals surface area contributed by atoms with Gasteiger partial charge in [0.25, 0.3) is 11.8 Å². The number of hydrogen-bond donors (Lipinski definition) is 1. The Balaban J connectivity index is 1.66. The average Bonchev–Trinajstić information content (AvgIpc) is 2.90. The zero-order valence-corrected chi connectivity index (χ0v) is 13.9. The molecule has 2 amide bonds. The minimum atomic E-state index is -1.01. The molecule has 0 radical (unpaired) electrons. The van der Waals surface area contributed by atoms with Crippen molar-refractivity contribution in [2.24, 2.45) is 11.2 Å². The first kappa shape index (κ1) is 17.2. The van der Waals surface area contributed by atoms with Crippen molar-refractivity contribution in [3.8, 4) is 0 Å². The number of hydrogen-bond acceptors (Lipinski definition) is 6. The Morgan fingerprint density at radius 2 is 2.00 bits per heavy atom. The second-order valence-corrected chi connectivity index (χ2v) is 6.17. The van der Waals surface area contributed by atoms with Crippen LogP contribution in [0.5, 0.6) is 0 Å². The fourth-order valence-corrected chi connectivity index (χ4v) is 3.09. The van der Waals surface area contributed by atoms with Crippen LogP contribution in [-0.2, 0) is 4.84 Å². The Hall–Kier alpha value is -2.68. The van der Waals surface area contributed by atoms with Crippen LogP contribution in [0.3, 0.4) is 0 Å². The molecule has 25 heavy (non-hydrogen) atoms. The summed E-state index contributed by atoms with van der Waals surface area (Å²) in [5.74, 6) is -0.924. The number of carbonyl (C=O) groups is 2. The molecular weight excluding hydrogens is 328 g/mol. The zero-order chi connectivity index (χ0) is 18.0. The van der Waals surface area contributed by atoms with Gasteiger partial charge in [-0.05, 0) is 31.9 Å². The zero-order valence-electron chi connectivity index (χ0n) is 13.9. The molecule has 1 saturated heterocycles. The van der Waals surface area contributed by atoms with Crippen molar-refractivity contribution in [2.75, 3.05) is 19.7 Å². The van der Waals surface area contributed by atoms with Crippen molar-refractivity contribution < 1.29 is 24.5 Å². The number of imide groups is 1. The van der Waals surface area contributed by atoms with Crippen LogP contribution in [0.4, 0.5) is 0 Å². The largest absolute Gasteiger partial charge is 0.569 e. The summed E-state index contributed by atoms with van der Waals surface area (Å²) in [5.41, 5.74) is 0.618. The van der Waals surface area contributed by atoms with E-state index in [4.69, 9.17) is 4.84 Å². The molecule has 1 aromatic carbocycles. The number of carbonyl (C=O) groups excluding carboxylic acids is 2. The Morgan fingerprint density at radius 1 is 1.36 bits per heavy atom. The van der Waals surface area contributed by atoms with E-state index in [0.29, 0.717) is 29.2 Å². The molecule has 9 heteroatoms. The van der Waals surface area contributed by atoms with Crippen LogP contribution in [0.15, 0.2) is 29.5 Å². The van der Waals surface area contributed by atoms with Gasteiger partial charge in [-0.1, -0.05) is 12.1 Å². The van der Waals surface area contributed by atoms with E-state index in [1.807, 2.05) is 0 Å². The number of benzene rings is 1. The highest BCUT2D eigenvalue weighted by Crippen LogP contribution is 2.25. The van der Waals surface area contributed by atoms with Crippen LogP contribution in [0.25, 0.3) is 0 Å². The third-order valence-electron chi connectivity index (χ3n) is 4.46. The maximum absolute atomic E-state index is 12.3. The van der Waals surface area contributed by atoms with Gasteiger partial charge in [0.1, 0.15) is 0 Å². The second-order valence-electron chi connectivity index (χ2n) is 6.17. The van der Waals surface area contributed by atoms with Crippen LogP contribution in [-0.4, -0.2) is 57.7 Å². The van der Waals surface area contributed by atoms with E-state index in [1.54, 1.807) is 24.3 Å². The quantitative estimate of drug-likeness (QED) is 0.370. The van der Waals surface area contributed by atoms with Crippen LogP contribution in [0, 0.1) is 11.1 Å². The van der Waals surface area contributed by atoms with Gasteiger partial charge in [-0.2, -0.15) is 0 Å². The summed E-state index contributed by atoms with van der Waals surface area (Å²) in [6.07, 6.45) is 0.614. The van der Waals surface area contributed by atoms with E-state index in [2.05, 4.69) is 5.28 Å². The van der Waals surface area contributed by atoms with Gasteiger partial charge in [-0.15, -0.1) is 5.01 Å². The molecule has 2 aliphatic rings. The number of fused-ring (bicyclic) bond motifs is 1. The Bertz CT molecular complexity index is 673. The molecule has 0 aromatic heterocycles. The SMILES string of the molecule is CC(O/N=[N+](/[O-])N1CCCC(CO)C1)N1C(=O)c2ccccc2C1=O. The maximum atomic E-state index is 12.3. The highest BCUT2D eigenvalue weighted by atomic mass is 16.7. The lowest BCUT2D eigenvalue weighted by atomic mass is 10.0. The van der Waals surface area contributed by atoms with Gasteiger partial charge in [-0.3, -0.25) is 9.59 Å². The lowest BCUT2D eigenvalue weighted by Crippen LogP contribution is -2.42. The van der Waals surface area contributed by atoms with Crippen LogP contribution >= 0.6 is 0 Å². The molecule has 2 atom stereocenters. The third kappa shape index (κ3) is 3.27. The molecule has 2 unspecified atom stereocenters. The summed E-state index contributed by atoms with van der Waals surface area (Å²) in [4.78, 5) is 31.0. The van der Waals surface area contributed by atoms with Gasteiger partial charge in [0.15, 0.2) is 0 Å². The molecule has 0 saturated carbocycles. The average molecular weight is 348 g/mol. The summed E-state index contributed by atoms with van der Waals surface area (Å²) in [5, 5.41) is 26.1. The molecule has 2 aliphatic heterocycles. The molecule has 1 fully saturated rings. The summed E-state index contributed by atoms with van der Waals surface area (Å²) in [6, 6.07) is 6.50. The van der Waals surface area contributed by atoms with Gasteiger partial charge in [-0.25, -0.2) is 4.90 Å². The van der Waals surface area contributed by atoms with E-state index in [0.717, 1.165) is 17.7 Å². The summed E-state index contributed by atoms with van der Waals surface area (Å²) >= 11 is 0. The van der Waals surface area contributed by atoms with E-state index in [-0.39, 0.29) is 12.5 Å². The Kier molecular flexibility index (Phi) is 4.84. The topological polar surface area (TPSA) is 109 Å². The first-order valence-corrected chi connectivity index (χ1v) is 8.19. The number of hydrazine groups is 1. The Morgan fingerprint density at radius 3 is 2.60 bits per heavy atom. The predicted octanol–water partition coefficient (Wildman–Crippen LogP) is 1.14. The summed E-state index contributed by atoms with van der Waals surface area (Å²) < 4.78 is 0. The number of piperidine rings is 1. The molecule has 1 N–H and O–H groups in total. The first-order chi connectivity index (χ1) is 12.0. The minimum absolute atomic E-state index is 0.0106. The van der Waals surface area contributed by atoms with Crippen molar-refractivity contribution in [1.82, 2.24) is 9.91 Å². The van der Waals surface area contributed by atoms with Gasteiger partial charge in [0.2, 0.25) is 11.5 Å². The van der Waals surface area contributed by atoms with E-state index in [1.165, 1.54) is 11.9 Å². The standard InChI is InChI=1S/C16H20N4O5/c1-11(19-15(22)13-6-2-3-7-14(13)16(19)23)25-17-20(24)18-8-4-5-12(9-18)10-21/h2-3,6-7,11-12,21H,4-5,8-10H2,1H3/b20-17+. The van der Waals surface area contributed by atoms with Gasteiger partial charge >= 0.3 is 0 Å². The van der Waals surface area contributed by atoms with E-state index in [9.17, 15) is 19.9 Å². The predicted molar refractivity (Wildman–Crippen MR) is 84.9 cm³/mol. The number of rotatable bonds is 5. The van der Waals surface area contributed by atoms with Crippen molar-refractivity contribution >= 4 is 11.8 Å². The first-order valence-electron chi connectivity index (χ1n) is 8.19. The molecular formula is C16H20N4O5. The Labute approximate surface area is 144 Å². The number of amides is 2. The number of nitrogens with zero attached hydrogens (tertiary/aromatic N) is 4. The monoisotopic (exact) mass is 348 g/mol. The van der Waals surface area contributed by atoms with Crippen molar-refractivity contribution in [2.45, 2.75) is 26.0 Å².